The predicted molar refractivity (Wildman–Crippen MR) is 109 cm³/mol. The molecule has 0 radical (unpaired) electrons. The topological polar surface area (TPSA) is 92.3 Å². The highest BCUT2D eigenvalue weighted by atomic mass is 16.5. The van der Waals surface area contributed by atoms with Crippen molar-refractivity contribution < 1.29 is 9.53 Å². The van der Waals surface area contributed by atoms with E-state index in [0.29, 0.717) is 35.0 Å². The zero-order chi connectivity index (χ0) is 20.2. The van der Waals surface area contributed by atoms with Crippen LogP contribution in [0, 0.1) is 11.3 Å². The Morgan fingerprint density at radius 2 is 2.03 bits per heavy atom. The molecular formula is C22H17N5O2. The third-order valence-corrected chi connectivity index (χ3v) is 4.34. The molecule has 0 bridgehead atoms. The first-order chi connectivity index (χ1) is 14.2. The minimum Gasteiger partial charge on any atom is -0.462 e. The number of carbonyl (C=O) groups excluding carboxylic acids is 1. The summed E-state index contributed by atoms with van der Waals surface area (Å²) in [5.41, 5.74) is 3.91. The van der Waals surface area contributed by atoms with Crippen LogP contribution in [0.15, 0.2) is 66.9 Å². The Morgan fingerprint density at radius 3 is 2.86 bits per heavy atom. The lowest BCUT2D eigenvalue weighted by Crippen LogP contribution is -2.04. The molecule has 2 heterocycles. The number of hydrogen-bond donors (Lipinski definition) is 1. The van der Waals surface area contributed by atoms with Gasteiger partial charge in [0.25, 0.3) is 0 Å². The molecule has 0 fully saturated rings. The van der Waals surface area contributed by atoms with Crippen LogP contribution in [0.5, 0.6) is 0 Å². The number of hydrogen-bond acceptors (Lipinski definition) is 6. The number of para-hydroxylation sites is 1. The number of anilines is 2. The van der Waals surface area contributed by atoms with Crippen LogP contribution < -0.4 is 5.32 Å². The summed E-state index contributed by atoms with van der Waals surface area (Å²) in [6.07, 6.45) is 1.79. The predicted octanol–water partition coefficient (Wildman–Crippen LogP) is 4.19. The molecule has 0 aliphatic heterocycles. The van der Waals surface area contributed by atoms with Crippen LogP contribution in [0.2, 0.25) is 0 Å². The van der Waals surface area contributed by atoms with Crippen LogP contribution in [0.1, 0.15) is 22.8 Å². The van der Waals surface area contributed by atoms with Crippen molar-refractivity contribution in [2.45, 2.75) is 6.92 Å². The second kappa shape index (κ2) is 7.82. The highest BCUT2D eigenvalue weighted by Crippen LogP contribution is 2.26. The van der Waals surface area contributed by atoms with Gasteiger partial charge in [-0.3, -0.25) is 0 Å². The summed E-state index contributed by atoms with van der Waals surface area (Å²) in [7, 11) is 0. The molecule has 0 aliphatic rings. The summed E-state index contributed by atoms with van der Waals surface area (Å²) in [6, 6.07) is 20.3. The molecular weight excluding hydrogens is 366 g/mol. The summed E-state index contributed by atoms with van der Waals surface area (Å²) in [5, 5.41) is 16.8. The molecule has 0 atom stereocenters. The number of aromatic nitrogens is 3. The molecule has 7 nitrogen and oxygen atoms in total. The Labute approximate surface area is 167 Å². The summed E-state index contributed by atoms with van der Waals surface area (Å²) in [4.78, 5) is 16.7. The average Bonchev–Trinajstić information content (AvgIpc) is 3.17. The summed E-state index contributed by atoms with van der Waals surface area (Å²) in [5.74, 6) is 0.0138. The van der Waals surface area contributed by atoms with E-state index in [-0.39, 0.29) is 5.97 Å². The van der Waals surface area contributed by atoms with Crippen LogP contribution in [0.25, 0.3) is 16.8 Å². The Hall–Kier alpha value is -4.18. The van der Waals surface area contributed by atoms with Crippen LogP contribution in [-0.2, 0) is 4.74 Å². The van der Waals surface area contributed by atoms with E-state index in [1.807, 2.05) is 30.3 Å². The molecule has 2 aromatic carbocycles. The number of fused-ring (bicyclic) bond motifs is 1. The first kappa shape index (κ1) is 18.2. The first-order valence-electron chi connectivity index (χ1n) is 9.08. The van der Waals surface area contributed by atoms with Gasteiger partial charge in [-0.15, -0.1) is 5.10 Å². The minimum atomic E-state index is -0.363. The van der Waals surface area contributed by atoms with Gasteiger partial charge >= 0.3 is 5.97 Å². The highest BCUT2D eigenvalue weighted by Gasteiger charge is 2.13. The number of nitriles is 1. The van der Waals surface area contributed by atoms with Gasteiger partial charge in [0.2, 0.25) is 5.95 Å². The molecule has 0 unspecified atom stereocenters. The van der Waals surface area contributed by atoms with E-state index in [4.69, 9.17) is 4.74 Å². The highest BCUT2D eigenvalue weighted by molar-refractivity contribution is 5.92. The van der Waals surface area contributed by atoms with Gasteiger partial charge in [0.1, 0.15) is 6.07 Å². The molecule has 0 spiro atoms. The Bertz CT molecular complexity index is 1240. The normalized spacial score (nSPS) is 10.5. The van der Waals surface area contributed by atoms with Crippen molar-refractivity contribution in [2.75, 3.05) is 11.9 Å². The molecule has 4 aromatic rings. The third-order valence-electron chi connectivity index (χ3n) is 4.34. The number of carbonyl (C=O) groups is 1. The quantitative estimate of drug-likeness (QED) is 0.520. The number of pyridine rings is 1. The van der Waals surface area contributed by atoms with Crippen molar-refractivity contribution in [1.82, 2.24) is 14.6 Å². The maximum absolute atomic E-state index is 12.1. The van der Waals surface area contributed by atoms with Crippen molar-refractivity contribution in [2.24, 2.45) is 0 Å². The molecule has 0 saturated carbocycles. The fourth-order valence-electron chi connectivity index (χ4n) is 3.02. The van der Waals surface area contributed by atoms with Crippen LogP contribution in [0.4, 0.5) is 11.6 Å². The first-order valence-corrected chi connectivity index (χ1v) is 9.08. The lowest BCUT2D eigenvalue weighted by Gasteiger charge is -2.06. The minimum absolute atomic E-state index is 0.321. The summed E-state index contributed by atoms with van der Waals surface area (Å²) >= 11 is 0. The summed E-state index contributed by atoms with van der Waals surface area (Å²) in [6.45, 7) is 2.10. The number of nitrogens with zero attached hydrogens (tertiary/aromatic N) is 4. The molecule has 0 saturated heterocycles. The van der Waals surface area contributed by atoms with Gasteiger partial charge in [-0.1, -0.05) is 24.3 Å². The van der Waals surface area contributed by atoms with E-state index >= 15 is 0 Å². The number of ether oxygens (including phenoxy) is 1. The van der Waals surface area contributed by atoms with E-state index in [2.05, 4.69) is 21.5 Å². The van der Waals surface area contributed by atoms with Crippen LogP contribution in [-0.4, -0.2) is 27.2 Å². The number of benzene rings is 2. The van der Waals surface area contributed by atoms with Crippen LogP contribution in [0.3, 0.4) is 0 Å². The van der Waals surface area contributed by atoms with E-state index in [1.165, 1.54) is 0 Å². The van der Waals surface area contributed by atoms with Gasteiger partial charge in [-0.2, -0.15) is 10.2 Å². The van der Waals surface area contributed by atoms with E-state index in [1.54, 1.807) is 48.0 Å². The SMILES string of the molecule is CCOC(=O)c1cccc(-c2cccn3nc(Nc4ccccc4C#N)nc23)c1. The molecule has 29 heavy (non-hydrogen) atoms. The van der Waals surface area contributed by atoms with Gasteiger partial charge in [0, 0.05) is 11.8 Å². The van der Waals surface area contributed by atoms with E-state index in [0.717, 1.165) is 11.1 Å². The Balaban J connectivity index is 1.73. The van der Waals surface area contributed by atoms with Crippen molar-refractivity contribution in [1.29, 1.82) is 5.26 Å². The maximum Gasteiger partial charge on any atom is 0.338 e. The van der Waals surface area contributed by atoms with Crippen molar-refractivity contribution in [3.8, 4) is 17.2 Å². The maximum atomic E-state index is 12.1. The second-order valence-electron chi connectivity index (χ2n) is 6.21. The Morgan fingerprint density at radius 1 is 1.17 bits per heavy atom. The zero-order valence-electron chi connectivity index (χ0n) is 15.7. The molecule has 2 aromatic heterocycles. The zero-order valence-corrected chi connectivity index (χ0v) is 15.7. The number of nitrogens with one attached hydrogen (secondary N) is 1. The second-order valence-corrected chi connectivity index (χ2v) is 6.21. The fourth-order valence-corrected chi connectivity index (χ4v) is 3.02. The van der Waals surface area contributed by atoms with E-state index in [9.17, 15) is 10.1 Å². The molecule has 0 amide bonds. The van der Waals surface area contributed by atoms with Crippen molar-refractivity contribution in [3.63, 3.8) is 0 Å². The lowest BCUT2D eigenvalue weighted by molar-refractivity contribution is 0.0526. The molecule has 0 aliphatic carbocycles. The fraction of sp³-hybridized carbons (Fsp3) is 0.0909. The van der Waals surface area contributed by atoms with Gasteiger partial charge in [-0.25, -0.2) is 9.31 Å². The molecule has 4 rings (SSSR count). The molecule has 1 N–H and O–H groups in total. The largest absolute Gasteiger partial charge is 0.462 e. The third kappa shape index (κ3) is 3.64. The van der Waals surface area contributed by atoms with Gasteiger partial charge in [0.05, 0.1) is 23.4 Å². The number of esters is 1. The van der Waals surface area contributed by atoms with Crippen LogP contribution >= 0.6 is 0 Å². The standard InChI is InChI=1S/C22H17N5O2/c1-2-29-21(28)16-9-5-8-15(13-16)18-10-6-12-27-20(18)25-22(26-27)24-19-11-4-3-7-17(19)14-23/h3-13H,2H2,1H3,(H,24,26). The number of rotatable bonds is 5. The lowest BCUT2D eigenvalue weighted by atomic mass is 10.0. The van der Waals surface area contributed by atoms with Gasteiger partial charge < -0.3 is 10.1 Å². The smallest absolute Gasteiger partial charge is 0.338 e. The van der Waals surface area contributed by atoms with Gasteiger partial charge in [-0.05, 0) is 48.9 Å². The molecule has 7 heteroatoms. The monoisotopic (exact) mass is 383 g/mol. The average molecular weight is 383 g/mol. The molecule has 142 valence electrons. The van der Waals surface area contributed by atoms with E-state index < -0.39 is 0 Å². The van der Waals surface area contributed by atoms with Crippen molar-refractivity contribution >= 4 is 23.3 Å². The Kier molecular flexibility index (Phi) is 4.91. The van der Waals surface area contributed by atoms with Gasteiger partial charge in [0.15, 0.2) is 5.65 Å². The van der Waals surface area contributed by atoms with Crippen molar-refractivity contribution in [3.05, 3.63) is 78.0 Å². The summed E-state index contributed by atoms with van der Waals surface area (Å²) < 4.78 is 6.75.